The number of esters is 1. The number of hydrogen-bond acceptors (Lipinski definition) is 3. The number of hydrogen-bond donors (Lipinski definition) is 1. The molecule has 1 N–H and O–H groups in total. The van der Waals surface area contributed by atoms with E-state index in [1.165, 1.54) is 19.9 Å². The molecule has 0 aliphatic carbocycles. The predicted octanol–water partition coefficient (Wildman–Crippen LogP) is 3.61. The van der Waals surface area contributed by atoms with Crippen molar-refractivity contribution >= 4 is 40.8 Å². The number of benzene rings is 1. The first-order valence-corrected chi connectivity index (χ1v) is 6.27. The van der Waals surface area contributed by atoms with Crippen molar-refractivity contribution in [2.45, 2.75) is 19.8 Å². The molecule has 0 spiro atoms. The van der Waals surface area contributed by atoms with Gasteiger partial charge < -0.3 is 10.1 Å². The van der Waals surface area contributed by atoms with E-state index in [4.69, 9.17) is 23.2 Å². The van der Waals surface area contributed by atoms with Gasteiger partial charge in [0.1, 0.15) is 0 Å². The van der Waals surface area contributed by atoms with E-state index in [2.05, 4.69) is 10.1 Å². The summed E-state index contributed by atoms with van der Waals surface area (Å²) in [6.45, 7) is 2.40. The third-order valence-electron chi connectivity index (χ3n) is 2.22. The van der Waals surface area contributed by atoms with Gasteiger partial charge in [-0.3, -0.25) is 4.79 Å². The first-order chi connectivity index (χ1) is 9.20. The number of nitrogens with one attached hydrogen (secondary N) is 1. The first-order valence-electron chi connectivity index (χ1n) is 5.52. The molecule has 8 heteroatoms. The van der Waals surface area contributed by atoms with Crippen LogP contribution in [-0.4, -0.2) is 18.5 Å². The lowest BCUT2D eigenvalue weighted by Crippen LogP contribution is -2.29. The van der Waals surface area contributed by atoms with Gasteiger partial charge in [0.25, 0.3) is 0 Å². The SMILES string of the molecule is CCOC(=O)C(F)(F)c1cc(NC(C)=O)cc(Cl)c1Cl. The van der Waals surface area contributed by atoms with E-state index in [1.807, 2.05) is 0 Å². The highest BCUT2D eigenvalue weighted by atomic mass is 35.5. The number of carbonyl (C=O) groups is 2. The zero-order valence-electron chi connectivity index (χ0n) is 10.6. The molecule has 20 heavy (non-hydrogen) atoms. The van der Waals surface area contributed by atoms with E-state index in [9.17, 15) is 18.4 Å². The lowest BCUT2D eigenvalue weighted by Gasteiger charge is -2.18. The van der Waals surface area contributed by atoms with E-state index < -0.39 is 28.4 Å². The average Bonchev–Trinajstić information content (AvgIpc) is 2.32. The molecule has 0 aliphatic heterocycles. The Balaban J connectivity index is 3.31. The number of ether oxygens (including phenoxy) is 1. The van der Waals surface area contributed by atoms with Crippen LogP contribution in [0.1, 0.15) is 19.4 Å². The number of halogens is 4. The van der Waals surface area contributed by atoms with Crippen LogP contribution in [0.3, 0.4) is 0 Å². The Bertz CT molecular complexity index is 550. The maximum Gasteiger partial charge on any atom is 0.382 e. The molecule has 0 aliphatic rings. The fourth-order valence-corrected chi connectivity index (χ4v) is 1.87. The van der Waals surface area contributed by atoms with Crippen LogP contribution >= 0.6 is 23.2 Å². The molecule has 1 amide bonds. The van der Waals surface area contributed by atoms with E-state index in [0.29, 0.717) is 0 Å². The highest BCUT2D eigenvalue weighted by Gasteiger charge is 2.45. The van der Waals surface area contributed by atoms with Crippen LogP contribution < -0.4 is 5.32 Å². The zero-order valence-corrected chi connectivity index (χ0v) is 12.1. The second-order valence-electron chi connectivity index (χ2n) is 3.80. The van der Waals surface area contributed by atoms with Crippen molar-refractivity contribution in [2.75, 3.05) is 11.9 Å². The van der Waals surface area contributed by atoms with Gasteiger partial charge in [0.2, 0.25) is 5.91 Å². The van der Waals surface area contributed by atoms with E-state index in [-0.39, 0.29) is 17.3 Å². The van der Waals surface area contributed by atoms with Gasteiger partial charge in [0, 0.05) is 12.6 Å². The number of alkyl halides is 2. The molecular weight excluding hydrogens is 315 g/mol. The van der Waals surface area contributed by atoms with E-state index in [0.717, 1.165) is 6.07 Å². The van der Waals surface area contributed by atoms with Gasteiger partial charge in [0.05, 0.1) is 22.2 Å². The highest BCUT2D eigenvalue weighted by molar-refractivity contribution is 6.43. The van der Waals surface area contributed by atoms with Crippen LogP contribution in [0.15, 0.2) is 12.1 Å². The van der Waals surface area contributed by atoms with Gasteiger partial charge >= 0.3 is 11.9 Å². The van der Waals surface area contributed by atoms with Gasteiger partial charge in [-0.2, -0.15) is 8.78 Å². The summed E-state index contributed by atoms with van der Waals surface area (Å²) in [6.07, 6.45) is 0. The highest BCUT2D eigenvalue weighted by Crippen LogP contribution is 2.40. The lowest BCUT2D eigenvalue weighted by atomic mass is 10.1. The standard InChI is InChI=1S/C12H11Cl2F2NO3/c1-3-20-11(19)12(15,16)8-4-7(17-6(2)18)5-9(13)10(8)14/h4-5H,3H2,1-2H3,(H,17,18). The van der Waals surface area contributed by atoms with E-state index >= 15 is 0 Å². The van der Waals surface area contributed by atoms with Crippen molar-refractivity contribution < 1.29 is 23.1 Å². The van der Waals surface area contributed by atoms with Crippen LogP contribution in [0.4, 0.5) is 14.5 Å². The molecule has 0 bridgehead atoms. The first kappa shape index (κ1) is 16.7. The van der Waals surface area contributed by atoms with Crippen molar-refractivity contribution in [3.63, 3.8) is 0 Å². The Morgan fingerprint density at radius 1 is 1.35 bits per heavy atom. The minimum atomic E-state index is -3.97. The number of carbonyl (C=O) groups excluding carboxylic acids is 2. The zero-order chi connectivity index (χ0) is 15.5. The monoisotopic (exact) mass is 325 g/mol. The summed E-state index contributed by atoms with van der Waals surface area (Å²) in [7, 11) is 0. The Hall–Kier alpha value is -1.40. The molecular formula is C12H11Cl2F2NO3. The van der Waals surface area contributed by atoms with Crippen LogP contribution in [0.5, 0.6) is 0 Å². The molecule has 4 nitrogen and oxygen atoms in total. The van der Waals surface area contributed by atoms with Crippen molar-refractivity contribution in [1.29, 1.82) is 0 Å². The number of amides is 1. The second kappa shape index (κ2) is 6.37. The predicted molar refractivity (Wildman–Crippen MR) is 71.3 cm³/mol. The molecule has 0 atom stereocenters. The Labute approximate surface area is 124 Å². The lowest BCUT2D eigenvalue weighted by molar-refractivity contribution is -0.173. The summed E-state index contributed by atoms with van der Waals surface area (Å²) in [5, 5.41) is 1.60. The van der Waals surface area contributed by atoms with Gasteiger partial charge in [0.15, 0.2) is 0 Å². The normalized spacial score (nSPS) is 11.1. The quantitative estimate of drug-likeness (QED) is 0.860. The molecule has 0 heterocycles. The third kappa shape index (κ3) is 3.58. The van der Waals surface area contributed by atoms with Gasteiger partial charge in [-0.1, -0.05) is 23.2 Å². The van der Waals surface area contributed by atoms with Gasteiger partial charge in [-0.25, -0.2) is 4.79 Å². The van der Waals surface area contributed by atoms with Crippen molar-refractivity contribution in [3.05, 3.63) is 27.7 Å². The number of anilines is 1. The molecule has 0 saturated carbocycles. The van der Waals surface area contributed by atoms with Crippen LogP contribution in [0.2, 0.25) is 10.0 Å². The Morgan fingerprint density at radius 2 is 1.95 bits per heavy atom. The Kier molecular flexibility index (Phi) is 5.30. The third-order valence-corrected chi connectivity index (χ3v) is 3.02. The summed E-state index contributed by atoms with van der Waals surface area (Å²) in [5.74, 6) is -6.18. The topological polar surface area (TPSA) is 55.4 Å². The minimum absolute atomic E-state index is 0.00544. The van der Waals surface area contributed by atoms with Gasteiger partial charge in [-0.15, -0.1) is 0 Å². The fourth-order valence-electron chi connectivity index (χ4n) is 1.42. The molecule has 0 aromatic heterocycles. The molecule has 1 aromatic carbocycles. The summed E-state index contributed by atoms with van der Waals surface area (Å²) >= 11 is 11.4. The summed E-state index contributed by atoms with van der Waals surface area (Å²) in [4.78, 5) is 22.2. The van der Waals surface area contributed by atoms with Crippen molar-refractivity contribution in [2.24, 2.45) is 0 Å². The summed E-state index contributed by atoms with van der Waals surface area (Å²) < 4.78 is 32.2. The molecule has 110 valence electrons. The molecule has 0 saturated heterocycles. The second-order valence-corrected chi connectivity index (χ2v) is 4.58. The van der Waals surface area contributed by atoms with Crippen molar-refractivity contribution in [3.8, 4) is 0 Å². The fraction of sp³-hybridized carbons (Fsp3) is 0.333. The molecule has 0 unspecified atom stereocenters. The number of rotatable bonds is 4. The summed E-state index contributed by atoms with van der Waals surface area (Å²) in [5.41, 5.74) is -0.820. The minimum Gasteiger partial charge on any atom is -0.461 e. The van der Waals surface area contributed by atoms with E-state index in [1.54, 1.807) is 0 Å². The Morgan fingerprint density at radius 3 is 2.45 bits per heavy atom. The maximum absolute atomic E-state index is 14.0. The van der Waals surface area contributed by atoms with Crippen LogP contribution in [0.25, 0.3) is 0 Å². The molecule has 1 aromatic rings. The molecule has 1 rings (SSSR count). The average molecular weight is 326 g/mol. The summed E-state index contributed by atoms with van der Waals surface area (Å²) in [6, 6.07) is 2.09. The van der Waals surface area contributed by atoms with Crippen LogP contribution in [0, 0.1) is 0 Å². The van der Waals surface area contributed by atoms with Crippen LogP contribution in [-0.2, 0) is 20.2 Å². The largest absolute Gasteiger partial charge is 0.461 e. The maximum atomic E-state index is 14.0. The van der Waals surface area contributed by atoms with Gasteiger partial charge in [-0.05, 0) is 19.1 Å². The smallest absolute Gasteiger partial charge is 0.382 e. The van der Waals surface area contributed by atoms with Crippen molar-refractivity contribution in [1.82, 2.24) is 0 Å². The molecule has 0 radical (unpaired) electrons. The molecule has 0 fully saturated rings.